The van der Waals surface area contributed by atoms with Crippen LogP contribution in [0.5, 0.6) is 0 Å². The van der Waals surface area contributed by atoms with E-state index in [1.165, 1.54) is 0 Å². The Kier molecular flexibility index (Phi) is 7.65. The first-order valence-electron chi connectivity index (χ1n) is 11.2. The lowest BCUT2D eigenvalue weighted by atomic mass is 9.95. The molecule has 1 aromatic carbocycles. The molecule has 0 saturated heterocycles. The number of nitrogens with two attached hydrogens (primary N) is 1. The van der Waals surface area contributed by atoms with Gasteiger partial charge in [0.25, 0.3) is 5.91 Å². The number of aliphatic hydroxyl groups excluding tert-OH is 1. The summed E-state index contributed by atoms with van der Waals surface area (Å²) in [6.45, 7) is 0.593. The number of hydrogen-bond acceptors (Lipinski definition) is 6. The van der Waals surface area contributed by atoms with Gasteiger partial charge in [-0.15, -0.1) is 0 Å². The number of benzene rings is 1. The molecular weight excluding hydrogens is 462 g/mol. The van der Waals surface area contributed by atoms with E-state index in [-0.39, 0.29) is 17.7 Å². The molecule has 0 spiro atoms. The van der Waals surface area contributed by atoms with Gasteiger partial charge in [-0.2, -0.15) is 12.6 Å². The van der Waals surface area contributed by atoms with Gasteiger partial charge in [-0.05, 0) is 30.9 Å². The molecule has 33 heavy (non-hydrogen) atoms. The minimum absolute atomic E-state index is 0.199. The largest absolute Gasteiger partial charge is 0.378 e. The maximum absolute atomic E-state index is 13.2. The second-order valence-electron chi connectivity index (χ2n) is 8.88. The van der Waals surface area contributed by atoms with Crippen molar-refractivity contribution in [3.63, 3.8) is 0 Å². The van der Waals surface area contributed by atoms with Gasteiger partial charge in [0.15, 0.2) is 0 Å². The average molecular weight is 492 g/mol. The van der Waals surface area contributed by atoms with Crippen LogP contribution in [0, 0.1) is 11.8 Å². The molecule has 1 fully saturated rings. The standard InChI is InChI=1S/C23H30ClN5O3S/c24-15-5-1-3-13-10-18(27-19(13)15)23(32)29-17(9-12-6-7-12)22(31)28-16(20(25)33)11-14-4-2-8-26-21(14)30/h1-5,10,12,14,16-17,20-21,26-27,30,33H,6-9,11,25H2,(H,28,31)(H,29,32)/t14-,16-,17-,20?,21+/m0/s1. The van der Waals surface area contributed by atoms with E-state index in [4.69, 9.17) is 17.3 Å². The van der Waals surface area contributed by atoms with Crippen LogP contribution in [0.3, 0.4) is 0 Å². The summed E-state index contributed by atoms with van der Waals surface area (Å²) in [7, 11) is 0. The average Bonchev–Trinajstić information content (AvgIpc) is 3.48. The number of carbonyl (C=O) groups excluding carboxylic acids is 2. The summed E-state index contributed by atoms with van der Waals surface area (Å²) in [4.78, 5) is 29.2. The Labute approximate surface area is 203 Å². The number of nitrogens with one attached hydrogen (secondary N) is 4. The highest BCUT2D eigenvalue weighted by Crippen LogP contribution is 2.34. The minimum Gasteiger partial charge on any atom is -0.378 e. The van der Waals surface area contributed by atoms with Crippen LogP contribution in [0.15, 0.2) is 36.4 Å². The lowest BCUT2D eigenvalue weighted by Crippen LogP contribution is -2.54. The Bertz CT molecular complexity index is 1040. The highest BCUT2D eigenvalue weighted by molar-refractivity contribution is 7.80. The molecule has 1 unspecified atom stereocenters. The van der Waals surface area contributed by atoms with Gasteiger partial charge < -0.3 is 26.5 Å². The number of carbonyl (C=O) groups is 2. The Hall–Kier alpha value is -2.04. The topological polar surface area (TPSA) is 132 Å². The van der Waals surface area contributed by atoms with E-state index in [0.717, 1.165) is 18.2 Å². The molecule has 2 amide bonds. The molecule has 0 radical (unpaired) electrons. The highest BCUT2D eigenvalue weighted by Gasteiger charge is 2.33. The van der Waals surface area contributed by atoms with E-state index < -0.39 is 23.7 Å². The van der Waals surface area contributed by atoms with Crippen LogP contribution in [-0.2, 0) is 4.79 Å². The molecule has 4 rings (SSSR count). The Morgan fingerprint density at radius 3 is 2.73 bits per heavy atom. The molecule has 2 aliphatic rings. The van der Waals surface area contributed by atoms with Crippen molar-refractivity contribution in [1.29, 1.82) is 0 Å². The van der Waals surface area contributed by atoms with Crippen LogP contribution in [0.25, 0.3) is 10.9 Å². The van der Waals surface area contributed by atoms with E-state index in [9.17, 15) is 14.7 Å². The zero-order chi connectivity index (χ0) is 23.5. The third-order valence-corrected chi connectivity index (χ3v) is 6.91. The first-order chi connectivity index (χ1) is 15.8. The zero-order valence-corrected chi connectivity index (χ0v) is 19.8. The van der Waals surface area contributed by atoms with Gasteiger partial charge in [0.2, 0.25) is 5.91 Å². The number of halogens is 1. The van der Waals surface area contributed by atoms with Crippen LogP contribution >= 0.6 is 24.2 Å². The van der Waals surface area contributed by atoms with Crippen molar-refractivity contribution < 1.29 is 14.7 Å². The molecule has 1 aromatic heterocycles. The van der Waals surface area contributed by atoms with E-state index in [2.05, 4.69) is 33.6 Å². The SMILES string of the molecule is NC(S)[C@H](C[C@@H]1C=CCN[C@@H]1O)NC(=O)[C@H](CC1CC1)NC(=O)c1cc2cccc(Cl)c2[nH]1. The van der Waals surface area contributed by atoms with Gasteiger partial charge in [0.05, 0.1) is 22.0 Å². The van der Waals surface area contributed by atoms with Crippen molar-refractivity contribution >= 4 is 46.9 Å². The van der Waals surface area contributed by atoms with Gasteiger partial charge in [0, 0.05) is 17.8 Å². The van der Waals surface area contributed by atoms with E-state index in [1.54, 1.807) is 12.1 Å². The fourth-order valence-electron chi connectivity index (χ4n) is 4.15. The first-order valence-corrected chi connectivity index (χ1v) is 12.1. The van der Waals surface area contributed by atoms with Crippen LogP contribution < -0.4 is 21.7 Å². The van der Waals surface area contributed by atoms with Crippen molar-refractivity contribution in [2.45, 2.75) is 49.4 Å². The third-order valence-electron chi connectivity index (χ3n) is 6.24. The van der Waals surface area contributed by atoms with E-state index in [1.807, 2.05) is 24.3 Å². The van der Waals surface area contributed by atoms with Gasteiger partial charge in [0.1, 0.15) is 18.0 Å². The monoisotopic (exact) mass is 491 g/mol. The summed E-state index contributed by atoms with van der Waals surface area (Å²) in [6, 6.07) is 5.98. The van der Waals surface area contributed by atoms with E-state index in [0.29, 0.717) is 41.5 Å². The first kappa shape index (κ1) is 24.1. The summed E-state index contributed by atoms with van der Waals surface area (Å²) in [5.74, 6) is -0.464. The van der Waals surface area contributed by atoms with Crippen molar-refractivity contribution in [1.82, 2.24) is 20.9 Å². The Morgan fingerprint density at radius 2 is 2.06 bits per heavy atom. The van der Waals surface area contributed by atoms with Crippen LogP contribution in [-0.4, -0.2) is 52.1 Å². The number of fused-ring (bicyclic) bond motifs is 1. The smallest absolute Gasteiger partial charge is 0.268 e. The zero-order valence-electron chi connectivity index (χ0n) is 18.1. The van der Waals surface area contributed by atoms with Crippen molar-refractivity contribution in [2.75, 3.05) is 6.54 Å². The van der Waals surface area contributed by atoms with Gasteiger partial charge >= 0.3 is 0 Å². The van der Waals surface area contributed by atoms with E-state index >= 15 is 0 Å². The highest BCUT2D eigenvalue weighted by atomic mass is 35.5. The van der Waals surface area contributed by atoms with Crippen molar-refractivity contribution in [3.05, 3.63) is 47.1 Å². The molecule has 8 nitrogen and oxygen atoms in total. The number of rotatable bonds is 9. The molecule has 0 bridgehead atoms. The maximum Gasteiger partial charge on any atom is 0.268 e. The molecular formula is C23H30ClN5O3S. The normalized spacial score (nSPS) is 23.2. The molecule has 5 atom stereocenters. The quantitative estimate of drug-likeness (QED) is 0.163. The number of aromatic amines is 1. The lowest BCUT2D eigenvalue weighted by molar-refractivity contribution is -0.124. The number of aromatic nitrogens is 1. The predicted octanol–water partition coefficient (Wildman–Crippen LogP) is 1.90. The molecule has 178 valence electrons. The molecule has 2 aromatic rings. The van der Waals surface area contributed by atoms with Crippen LogP contribution in [0.1, 0.15) is 36.2 Å². The molecule has 7 N–H and O–H groups in total. The Morgan fingerprint density at radius 1 is 1.27 bits per heavy atom. The summed E-state index contributed by atoms with van der Waals surface area (Å²) in [5.41, 5.74) is 7.05. The molecule has 1 aliphatic carbocycles. The third kappa shape index (κ3) is 6.10. The summed E-state index contributed by atoms with van der Waals surface area (Å²) in [6.07, 6.45) is 6.21. The Balaban J connectivity index is 1.45. The van der Waals surface area contributed by atoms with Crippen LogP contribution in [0.2, 0.25) is 5.02 Å². The molecule has 1 aliphatic heterocycles. The molecule has 10 heteroatoms. The maximum atomic E-state index is 13.2. The summed E-state index contributed by atoms with van der Waals surface area (Å²) in [5, 5.41) is 19.7. The molecule has 2 heterocycles. The number of amides is 2. The fraction of sp³-hybridized carbons (Fsp3) is 0.478. The second-order valence-corrected chi connectivity index (χ2v) is 9.88. The second kappa shape index (κ2) is 10.5. The fourth-order valence-corrected chi connectivity index (χ4v) is 4.58. The number of H-pyrrole nitrogens is 1. The predicted molar refractivity (Wildman–Crippen MR) is 132 cm³/mol. The summed E-state index contributed by atoms with van der Waals surface area (Å²) >= 11 is 10.6. The van der Waals surface area contributed by atoms with Crippen molar-refractivity contribution in [3.8, 4) is 0 Å². The number of hydrogen-bond donors (Lipinski definition) is 7. The van der Waals surface area contributed by atoms with Gasteiger partial charge in [-0.3, -0.25) is 14.9 Å². The van der Waals surface area contributed by atoms with Gasteiger partial charge in [-0.1, -0.05) is 48.7 Å². The number of para-hydroxylation sites is 1. The minimum atomic E-state index is -0.711. The number of thiol groups is 1. The molecule has 1 saturated carbocycles. The summed E-state index contributed by atoms with van der Waals surface area (Å²) < 4.78 is 0. The van der Waals surface area contributed by atoms with Crippen LogP contribution in [0.4, 0.5) is 0 Å². The van der Waals surface area contributed by atoms with Gasteiger partial charge in [-0.25, -0.2) is 0 Å². The number of aliphatic hydroxyl groups is 1. The van der Waals surface area contributed by atoms with Crippen molar-refractivity contribution in [2.24, 2.45) is 17.6 Å². The lowest BCUT2D eigenvalue weighted by Gasteiger charge is -2.31.